The highest BCUT2D eigenvalue weighted by molar-refractivity contribution is 5.82. The fourth-order valence-electron chi connectivity index (χ4n) is 1.70. The lowest BCUT2D eigenvalue weighted by molar-refractivity contribution is -0.385. The zero-order chi connectivity index (χ0) is 16.8. The molecule has 2 aromatic rings. The van der Waals surface area contributed by atoms with E-state index in [1.807, 2.05) is 0 Å². The predicted molar refractivity (Wildman–Crippen MR) is 82.9 cm³/mol. The Labute approximate surface area is 130 Å². The second kappa shape index (κ2) is 7.11. The minimum atomic E-state index is -0.606. The van der Waals surface area contributed by atoms with Crippen LogP contribution in [0.15, 0.2) is 28.1 Å². The van der Waals surface area contributed by atoms with Gasteiger partial charge < -0.3 is 4.74 Å². The third kappa shape index (κ3) is 4.09. The molecule has 0 radical (unpaired) electrons. The third-order valence-corrected chi connectivity index (χ3v) is 2.74. The van der Waals surface area contributed by atoms with Crippen molar-refractivity contribution in [2.45, 2.75) is 13.8 Å². The molecule has 0 atom stereocenters. The standard InChI is InChI=1S/C13H14N6O4/c1-3-23-11-5-4-9(6-10(11)19(21)22)7-14-17-12-8(2)16-18-13(20)15-12/h4-7H,3H2,1-2H3,(H2,15,17,18,20)/b14-7+. The minimum absolute atomic E-state index is 0.150. The maximum Gasteiger partial charge on any atom is 0.363 e. The maximum absolute atomic E-state index is 11.1. The fraction of sp³-hybridized carbons (Fsp3) is 0.231. The Bertz CT molecular complexity index is 801. The van der Waals surface area contributed by atoms with Crippen LogP contribution in [0.2, 0.25) is 0 Å². The molecule has 1 heterocycles. The van der Waals surface area contributed by atoms with Gasteiger partial charge in [-0.2, -0.15) is 15.2 Å². The van der Waals surface area contributed by atoms with Gasteiger partial charge in [0.2, 0.25) is 0 Å². The van der Waals surface area contributed by atoms with E-state index in [-0.39, 0.29) is 17.3 Å². The molecule has 0 saturated carbocycles. The zero-order valence-corrected chi connectivity index (χ0v) is 12.4. The van der Waals surface area contributed by atoms with Crippen LogP contribution in [0.3, 0.4) is 0 Å². The van der Waals surface area contributed by atoms with E-state index in [0.29, 0.717) is 17.9 Å². The number of aromatic amines is 1. The van der Waals surface area contributed by atoms with Gasteiger partial charge in [0.25, 0.3) is 0 Å². The molecule has 0 amide bonds. The summed E-state index contributed by atoms with van der Waals surface area (Å²) in [6.45, 7) is 3.72. The molecule has 2 N–H and O–H groups in total. The summed E-state index contributed by atoms with van der Waals surface area (Å²) in [6.07, 6.45) is 1.37. The van der Waals surface area contributed by atoms with Crippen molar-refractivity contribution in [1.29, 1.82) is 0 Å². The number of H-pyrrole nitrogens is 1. The highest BCUT2D eigenvalue weighted by atomic mass is 16.6. The summed E-state index contributed by atoms with van der Waals surface area (Å²) in [6, 6.07) is 4.47. The van der Waals surface area contributed by atoms with Gasteiger partial charge in [-0.1, -0.05) is 0 Å². The Morgan fingerprint density at radius 2 is 2.30 bits per heavy atom. The summed E-state index contributed by atoms with van der Waals surface area (Å²) < 4.78 is 5.20. The van der Waals surface area contributed by atoms with E-state index in [1.54, 1.807) is 19.9 Å². The number of benzene rings is 1. The Morgan fingerprint density at radius 1 is 1.52 bits per heavy atom. The molecular weight excluding hydrogens is 304 g/mol. The van der Waals surface area contributed by atoms with Gasteiger partial charge >= 0.3 is 11.4 Å². The lowest BCUT2D eigenvalue weighted by Gasteiger charge is -2.04. The maximum atomic E-state index is 11.1. The number of rotatable bonds is 6. The first-order valence-electron chi connectivity index (χ1n) is 6.65. The van der Waals surface area contributed by atoms with Gasteiger partial charge in [0.15, 0.2) is 11.6 Å². The summed E-state index contributed by atoms with van der Waals surface area (Å²) in [4.78, 5) is 25.3. The topological polar surface area (TPSA) is 135 Å². The van der Waals surface area contributed by atoms with Crippen LogP contribution in [0.1, 0.15) is 18.2 Å². The number of nitro groups is 1. The molecule has 0 fully saturated rings. The van der Waals surface area contributed by atoms with Crippen LogP contribution in [-0.2, 0) is 0 Å². The summed E-state index contributed by atoms with van der Waals surface area (Å²) in [5.74, 6) is 0.393. The van der Waals surface area contributed by atoms with Crippen LogP contribution in [0.4, 0.5) is 11.5 Å². The number of nitrogens with zero attached hydrogens (tertiary/aromatic N) is 4. The molecule has 23 heavy (non-hydrogen) atoms. The SMILES string of the molecule is CCOc1ccc(/C=N/Nc2nc(=O)[nH]nc2C)cc1[N+](=O)[O-]. The highest BCUT2D eigenvalue weighted by Crippen LogP contribution is 2.27. The Hall–Kier alpha value is -3.30. The van der Waals surface area contributed by atoms with Gasteiger partial charge in [0.1, 0.15) is 5.69 Å². The van der Waals surface area contributed by atoms with Crippen molar-refractivity contribution in [3.8, 4) is 5.75 Å². The first-order chi connectivity index (χ1) is 11.0. The van der Waals surface area contributed by atoms with Crippen molar-refractivity contribution < 1.29 is 9.66 Å². The molecule has 0 spiro atoms. The first kappa shape index (κ1) is 16.1. The number of nitrogens with one attached hydrogen (secondary N) is 2. The molecule has 0 aliphatic carbocycles. The van der Waals surface area contributed by atoms with Gasteiger partial charge in [-0.25, -0.2) is 9.89 Å². The molecule has 1 aromatic heterocycles. The van der Waals surface area contributed by atoms with E-state index in [1.165, 1.54) is 18.3 Å². The molecular formula is C13H14N6O4. The average molecular weight is 318 g/mol. The van der Waals surface area contributed by atoms with E-state index in [0.717, 1.165) is 0 Å². The van der Waals surface area contributed by atoms with Gasteiger partial charge in [0.05, 0.1) is 17.7 Å². The number of hydrogen-bond acceptors (Lipinski definition) is 8. The van der Waals surface area contributed by atoms with E-state index in [4.69, 9.17) is 4.74 Å². The Balaban J connectivity index is 2.19. The van der Waals surface area contributed by atoms with Gasteiger partial charge in [0, 0.05) is 11.6 Å². The number of hydrogen-bond donors (Lipinski definition) is 2. The molecule has 2 rings (SSSR count). The van der Waals surface area contributed by atoms with Crippen LogP contribution in [-0.4, -0.2) is 32.9 Å². The average Bonchev–Trinajstić information content (AvgIpc) is 2.52. The van der Waals surface area contributed by atoms with Crippen molar-refractivity contribution >= 4 is 17.7 Å². The van der Waals surface area contributed by atoms with E-state index < -0.39 is 10.6 Å². The van der Waals surface area contributed by atoms with Crippen LogP contribution in [0, 0.1) is 17.0 Å². The third-order valence-electron chi connectivity index (χ3n) is 2.74. The smallest absolute Gasteiger partial charge is 0.363 e. The van der Waals surface area contributed by atoms with Gasteiger partial charge in [-0.15, -0.1) is 0 Å². The number of aryl methyl sites for hydroxylation is 1. The molecule has 0 aliphatic rings. The van der Waals surface area contributed by atoms with E-state index in [2.05, 4.69) is 25.7 Å². The highest BCUT2D eigenvalue weighted by Gasteiger charge is 2.15. The molecule has 10 heteroatoms. The monoisotopic (exact) mass is 318 g/mol. The zero-order valence-electron chi connectivity index (χ0n) is 12.4. The molecule has 10 nitrogen and oxygen atoms in total. The van der Waals surface area contributed by atoms with E-state index >= 15 is 0 Å². The van der Waals surface area contributed by atoms with Crippen molar-refractivity contribution in [1.82, 2.24) is 15.2 Å². The van der Waals surface area contributed by atoms with Crippen LogP contribution < -0.4 is 15.9 Å². The summed E-state index contributed by atoms with van der Waals surface area (Å²) in [5.41, 5.74) is 2.76. The number of aromatic nitrogens is 3. The number of nitro benzene ring substituents is 1. The molecule has 0 unspecified atom stereocenters. The second-order valence-electron chi connectivity index (χ2n) is 4.36. The quantitative estimate of drug-likeness (QED) is 0.464. The Kier molecular flexibility index (Phi) is 4.97. The second-order valence-corrected chi connectivity index (χ2v) is 4.36. The molecule has 0 saturated heterocycles. The molecule has 0 bridgehead atoms. The lowest BCUT2D eigenvalue weighted by atomic mass is 10.2. The Morgan fingerprint density at radius 3 is 3.00 bits per heavy atom. The van der Waals surface area contributed by atoms with Crippen LogP contribution in [0.5, 0.6) is 5.75 Å². The summed E-state index contributed by atoms with van der Waals surface area (Å²) in [5, 5.41) is 20.9. The van der Waals surface area contributed by atoms with Crippen LogP contribution in [0.25, 0.3) is 0 Å². The molecule has 0 aliphatic heterocycles. The van der Waals surface area contributed by atoms with Crippen LogP contribution >= 0.6 is 0 Å². The number of hydrazone groups is 1. The summed E-state index contributed by atoms with van der Waals surface area (Å²) in [7, 11) is 0. The van der Waals surface area contributed by atoms with Crippen molar-refractivity contribution in [3.63, 3.8) is 0 Å². The number of ether oxygens (including phenoxy) is 1. The number of anilines is 1. The van der Waals surface area contributed by atoms with E-state index in [9.17, 15) is 14.9 Å². The first-order valence-corrected chi connectivity index (χ1v) is 6.65. The van der Waals surface area contributed by atoms with Crippen molar-refractivity contribution in [3.05, 3.63) is 50.1 Å². The minimum Gasteiger partial charge on any atom is -0.487 e. The largest absolute Gasteiger partial charge is 0.487 e. The van der Waals surface area contributed by atoms with Crippen molar-refractivity contribution in [2.24, 2.45) is 5.10 Å². The van der Waals surface area contributed by atoms with Gasteiger partial charge in [-0.3, -0.25) is 15.5 Å². The normalized spacial score (nSPS) is 10.7. The molecule has 120 valence electrons. The molecule has 1 aromatic carbocycles. The predicted octanol–water partition coefficient (Wildman–Crippen LogP) is 1.23. The lowest BCUT2D eigenvalue weighted by Crippen LogP contribution is -2.15. The van der Waals surface area contributed by atoms with Crippen molar-refractivity contribution in [2.75, 3.05) is 12.0 Å². The van der Waals surface area contributed by atoms with Gasteiger partial charge in [-0.05, 0) is 26.0 Å². The fourth-order valence-corrected chi connectivity index (χ4v) is 1.70. The summed E-state index contributed by atoms with van der Waals surface area (Å²) >= 11 is 0.